The van der Waals surface area contributed by atoms with E-state index in [1.165, 1.54) is 18.2 Å². The molecule has 1 amide bonds. The lowest BCUT2D eigenvalue weighted by Gasteiger charge is -2.05. The van der Waals surface area contributed by atoms with Crippen LogP contribution in [0.3, 0.4) is 0 Å². The van der Waals surface area contributed by atoms with Crippen LogP contribution in [0.25, 0.3) is 5.57 Å². The molecule has 2 aromatic carbocycles. The fourth-order valence-electron chi connectivity index (χ4n) is 2.97. The molecular formula is C18H11N3O5S. The van der Waals surface area contributed by atoms with Gasteiger partial charge in [0.25, 0.3) is 11.6 Å². The third-order valence-electron chi connectivity index (χ3n) is 4.22. The number of thiazole rings is 1. The molecule has 0 atom stereocenters. The molecule has 9 heteroatoms. The molecule has 2 heterocycles. The van der Waals surface area contributed by atoms with E-state index in [2.05, 4.69) is 4.99 Å². The van der Waals surface area contributed by atoms with Crippen LogP contribution >= 0.6 is 11.3 Å². The molecule has 27 heavy (non-hydrogen) atoms. The summed E-state index contributed by atoms with van der Waals surface area (Å²) in [5.74, 6) is -0.941. The van der Waals surface area contributed by atoms with Gasteiger partial charge in [0, 0.05) is 16.8 Å². The van der Waals surface area contributed by atoms with Crippen LogP contribution in [-0.2, 0) is 11.3 Å². The summed E-state index contributed by atoms with van der Waals surface area (Å²) in [4.78, 5) is 38.9. The van der Waals surface area contributed by atoms with Crippen molar-refractivity contribution in [3.05, 3.63) is 89.3 Å². The molecule has 1 aliphatic rings. The maximum atomic E-state index is 12.4. The number of aromatic nitrogens is 1. The van der Waals surface area contributed by atoms with E-state index in [0.717, 1.165) is 4.57 Å². The van der Waals surface area contributed by atoms with Gasteiger partial charge in [-0.15, -0.1) is 0 Å². The van der Waals surface area contributed by atoms with E-state index in [9.17, 15) is 24.8 Å². The number of hydrogen-bond acceptors (Lipinski definition) is 6. The largest absolute Gasteiger partial charge is 0.493 e. The normalized spacial score (nSPS) is 12.7. The van der Waals surface area contributed by atoms with Crippen molar-refractivity contribution in [1.82, 2.24) is 4.57 Å². The molecule has 1 aliphatic heterocycles. The van der Waals surface area contributed by atoms with E-state index in [1.54, 1.807) is 30.3 Å². The van der Waals surface area contributed by atoms with Crippen LogP contribution in [0.5, 0.6) is 5.88 Å². The zero-order valence-corrected chi connectivity index (χ0v) is 14.5. The van der Waals surface area contributed by atoms with Crippen LogP contribution < -0.4 is 15.4 Å². The quantitative estimate of drug-likeness (QED) is 0.533. The maximum absolute atomic E-state index is 12.4. The molecule has 0 aliphatic carbocycles. The highest BCUT2D eigenvalue weighted by molar-refractivity contribution is 7.11. The molecular weight excluding hydrogens is 370 g/mol. The number of carbonyl (C=O) groups excluding carboxylic acids is 1. The predicted octanol–water partition coefficient (Wildman–Crippen LogP) is 0.931. The van der Waals surface area contributed by atoms with Crippen molar-refractivity contribution in [2.24, 2.45) is 4.99 Å². The molecule has 0 fully saturated rings. The Morgan fingerprint density at radius 2 is 1.81 bits per heavy atom. The first kappa shape index (κ1) is 16.9. The summed E-state index contributed by atoms with van der Waals surface area (Å²) in [6, 6.07) is 12.8. The molecule has 0 radical (unpaired) electrons. The van der Waals surface area contributed by atoms with Crippen LogP contribution in [0, 0.1) is 10.1 Å². The molecule has 1 N–H and O–H groups in total. The second-order valence-corrected chi connectivity index (χ2v) is 6.76. The lowest BCUT2D eigenvalue weighted by Crippen LogP contribution is -2.22. The topological polar surface area (TPSA) is 115 Å². The lowest BCUT2D eigenvalue weighted by molar-refractivity contribution is -0.385. The highest BCUT2D eigenvalue weighted by Crippen LogP contribution is 2.29. The van der Waals surface area contributed by atoms with Gasteiger partial charge in [-0.25, -0.2) is 4.99 Å². The van der Waals surface area contributed by atoms with Gasteiger partial charge in [0.05, 0.1) is 22.4 Å². The van der Waals surface area contributed by atoms with Gasteiger partial charge in [-0.1, -0.05) is 47.7 Å². The summed E-state index contributed by atoms with van der Waals surface area (Å²) in [5, 5.41) is 22.8. The minimum atomic E-state index is -0.547. The number of benzene rings is 2. The van der Waals surface area contributed by atoms with Crippen molar-refractivity contribution in [3.8, 4) is 5.88 Å². The number of nitro groups is 1. The van der Waals surface area contributed by atoms with Crippen LogP contribution in [-0.4, -0.2) is 20.5 Å². The van der Waals surface area contributed by atoms with Crippen molar-refractivity contribution in [3.63, 3.8) is 0 Å². The van der Waals surface area contributed by atoms with E-state index in [-0.39, 0.29) is 28.2 Å². The van der Waals surface area contributed by atoms with Crippen molar-refractivity contribution < 1.29 is 14.8 Å². The van der Waals surface area contributed by atoms with Gasteiger partial charge in [-0.2, -0.15) is 0 Å². The number of amides is 1. The third kappa shape index (κ3) is 2.74. The highest BCUT2D eigenvalue weighted by Gasteiger charge is 2.26. The fraction of sp³-hybridized carbons (Fsp3) is 0.0556. The summed E-state index contributed by atoms with van der Waals surface area (Å²) in [6.07, 6.45) is 0. The van der Waals surface area contributed by atoms with Crippen LogP contribution in [0.4, 0.5) is 5.69 Å². The number of aromatic hydroxyl groups is 1. The second kappa shape index (κ2) is 6.29. The second-order valence-electron chi connectivity index (χ2n) is 5.80. The molecule has 0 unspecified atom stereocenters. The Morgan fingerprint density at radius 3 is 2.59 bits per heavy atom. The monoisotopic (exact) mass is 381 g/mol. The Labute approximate surface area is 155 Å². The van der Waals surface area contributed by atoms with Crippen LogP contribution in [0.1, 0.15) is 10.4 Å². The third-order valence-corrected chi connectivity index (χ3v) is 5.21. The molecule has 134 valence electrons. The number of hydrogen-bond donors (Lipinski definition) is 1. The summed E-state index contributed by atoms with van der Waals surface area (Å²) in [5.41, 5.74) is 0.282. The van der Waals surface area contributed by atoms with E-state index in [1.807, 2.05) is 0 Å². The molecule has 0 saturated heterocycles. The summed E-state index contributed by atoms with van der Waals surface area (Å²) in [7, 11) is 0. The Morgan fingerprint density at radius 1 is 1.11 bits per heavy atom. The minimum Gasteiger partial charge on any atom is -0.493 e. The zero-order valence-electron chi connectivity index (χ0n) is 13.7. The number of nitro benzene ring substituents is 1. The fourth-order valence-corrected chi connectivity index (χ4v) is 3.91. The number of fused-ring (bicyclic) bond motifs is 1. The van der Waals surface area contributed by atoms with Gasteiger partial charge in [0.2, 0.25) is 5.88 Å². The van der Waals surface area contributed by atoms with Crippen LogP contribution in [0.15, 0.2) is 58.3 Å². The predicted molar refractivity (Wildman–Crippen MR) is 97.2 cm³/mol. The standard InChI is InChI=1S/C18H11N3O5S/c22-16-14(11-6-2-3-7-12(11)19-16)15-17(23)20(18(24)27-15)9-10-5-1-4-8-13(10)21(25)26/h1-8,23H,9H2. The van der Waals surface area contributed by atoms with Gasteiger partial charge in [0.1, 0.15) is 4.88 Å². The number of rotatable bonds is 4. The van der Waals surface area contributed by atoms with Crippen molar-refractivity contribution in [1.29, 1.82) is 0 Å². The molecule has 4 rings (SSSR count). The molecule has 8 nitrogen and oxygen atoms in total. The molecule has 0 spiro atoms. The first-order valence-electron chi connectivity index (χ1n) is 7.85. The van der Waals surface area contributed by atoms with E-state index < -0.39 is 21.6 Å². The minimum absolute atomic E-state index is 0.109. The average Bonchev–Trinajstić information content (AvgIpc) is 3.12. The summed E-state index contributed by atoms with van der Waals surface area (Å²) in [6.45, 7) is -0.182. The summed E-state index contributed by atoms with van der Waals surface area (Å²) >= 11 is 0.709. The van der Waals surface area contributed by atoms with E-state index in [4.69, 9.17) is 0 Å². The molecule has 0 bridgehead atoms. The van der Waals surface area contributed by atoms with Gasteiger partial charge >= 0.3 is 4.87 Å². The first-order valence-corrected chi connectivity index (χ1v) is 8.66. The van der Waals surface area contributed by atoms with Crippen LogP contribution in [0.2, 0.25) is 0 Å². The maximum Gasteiger partial charge on any atom is 0.310 e. The van der Waals surface area contributed by atoms with Gasteiger partial charge < -0.3 is 5.11 Å². The number of para-hydroxylation sites is 2. The van der Waals surface area contributed by atoms with Gasteiger partial charge in [-0.3, -0.25) is 24.3 Å². The number of nitrogens with zero attached hydrogens (tertiary/aromatic N) is 3. The SMILES string of the molecule is O=C1N=c2ccccc2=C1c1sc(=O)n(Cc2ccccc2[N+](=O)[O-])c1O. The zero-order chi connectivity index (χ0) is 19.1. The Hall–Kier alpha value is -3.59. The number of carbonyl (C=O) groups is 1. The Bertz CT molecular complexity index is 1290. The van der Waals surface area contributed by atoms with Crippen molar-refractivity contribution >= 4 is 28.5 Å². The molecule has 3 aromatic rings. The molecule has 1 aromatic heterocycles. The van der Waals surface area contributed by atoms with E-state index >= 15 is 0 Å². The lowest BCUT2D eigenvalue weighted by atomic mass is 10.1. The summed E-state index contributed by atoms with van der Waals surface area (Å²) < 4.78 is 1.02. The smallest absolute Gasteiger partial charge is 0.310 e. The van der Waals surface area contributed by atoms with Crippen molar-refractivity contribution in [2.75, 3.05) is 0 Å². The first-order chi connectivity index (χ1) is 13.0. The van der Waals surface area contributed by atoms with Gasteiger partial charge in [0.15, 0.2) is 0 Å². The van der Waals surface area contributed by atoms with Gasteiger partial charge in [-0.05, 0) is 6.07 Å². The van der Waals surface area contributed by atoms with Crippen molar-refractivity contribution in [2.45, 2.75) is 6.54 Å². The van der Waals surface area contributed by atoms with E-state index in [0.29, 0.717) is 21.9 Å². The average molecular weight is 381 g/mol. The Balaban J connectivity index is 1.86. The Kier molecular flexibility index (Phi) is 3.93. The molecule has 0 saturated carbocycles. The highest BCUT2D eigenvalue weighted by atomic mass is 32.1.